The van der Waals surface area contributed by atoms with Crippen molar-refractivity contribution in [2.24, 2.45) is 0 Å². The lowest BCUT2D eigenvalue weighted by Gasteiger charge is -2.35. The third-order valence-corrected chi connectivity index (χ3v) is 4.10. The van der Waals surface area contributed by atoms with Crippen molar-refractivity contribution in [1.29, 1.82) is 0 Å². The van der Waals surface area contributed by atoms with Crippen LogP contribution in [0.2, 0.25) is 5.02 Å². The van der Waals surface area contributed by atoms with Gasteiger partial charge in [0.25, 0.3) is 5.91 Å². The van der Waals surface area contributed by atoms with Crippen LogP contribution in [0.25, 0.3) is 0 Å². The SMILES string of the molecule is CC1(O)CCN(C(=O)c2ccc(Br)cc2Cl)CC1. The number of benzene rings is 1. The summed E-state index contributed by atoms with van der Waals surface area (Å²) in [6.07, 6.45) is 1.21. The molecule has 0 atom stereocenters. The molecule has 1 aromatic rings. The quantitative estimate of drug-likeness (QED) is 0.858. The first-order valence-corrected chi connectivity index (χ1v) is 7.03. The summed E-state index contributed by atoms with van der Waals surface area (Å²) < 4.78 is 0.852. The third-order valence-electron chi connectivity index (χ3n) is 3.29. The van der Waals surface area contributed by atoms with Crippen molar-refractivity contribution in [2.75, 3.05) is 13.1 Å². The summed E-state index contributed by atoms with van der Waals surface area (Å²) in [6, 6.07) is 5.25. The second-order valence-electron chi connectivity index (χ2n) is 4.91. The summed E-state index contributed by atoms with van der Waals surface area (Å²) in [6.45, 7) is 2.94. The number of hydrogen-bond donors (Lipinski definition) is 1. The van der Waals surface area contributed by atoms with E-state index in [1.807, 2.05) is 0 Å². The highest BCUT2D eigenvalue weighted by atomic mass is 79.9. The Morgan fingerprint density at radius 3 is 2.61 bits per heavy atom. The average molecular weight is 333 g/mol. The van der Waals surface area contributed by atoms with E-state index in [0.717, 1.165) is 4.47 Å². The number of likely N-dealkylation sites (tertiary alicyclic amines) is 1. The fourth-order valence-electron chi connectivity index (χ4n) is 2.02. The van der Waals surface area contributed by atoms with E-state index in [-0.39, 0.29) is 5.91 Å². The zero-order valence-corrected chi connectivity index (χ0v) is 12.5. The first-order chi connectivity index (χ1) is 8.39. The maximum absolute atomic E-state index is 12.3. The average Bonchev–Trinajstić information content (AvgIpc) is 2.28. The number of hydrogen-bond acceptors (Lipinski definition) is 2. The Morgan fingerprint density at radius 1 is 1.44 bits per heavy atom. The molecule has 0 aliphatic carbocycles. The van der Waals surface area contributed by atoms with Crippen molar-refractivity contribution in [1.82, 2.24) is 4.90 Å². The fraction of sp³-hybridized carbons (Fsp3) is 0.462. The zero-order chi connectivity index (χ0) is 13.3. The van der Waals surface area contributed by atoms with Gasteiger partial charge in [-0.25, -0.2) is 0 Å². The molecule has 3 nitrogen and oxygen atoms in total. The zero-order valence-electron chi connectivity index (χ0n) is 10.1. The molecule has 1 N–H and O–H groups in total. The summed E-state index contributed by atoms with van der Waals surface area (Å²) in [5, 5.41) is 10.3. The van der Waals surface area contributed by atoms with Gasteiger partial charge in [0.05, 0.1) is 16.2 Å². The second-order valence-corrected chi connectivity index (χ2v) is 6.24. The largest absolute Gasteiger partial charge is 0.390 e. The third kappa shape index (κ3) is 3.05. The van der Waals surface area contributed by atoms with Gasteiger partial charge in [0.1, 0.15) is 0 Å². The molecule has 1 aliphatic rings. The Labute approximate surface area is 120 Å². The number of rotatable bonds is 1. The van der Waals surface area contributed by atoms with E-state index in [4.69, 9.17) is 11.6 Å². The van der Waals surface area contributed by atoms with E-state index in [0.29, 0.717) is 36.5 Å². The number of nitrogens with zero attached hydrogens (tertiary/aromatic N) is 1. The van der Waals surface area contributed by atoms with E-state index in [1.54, 1.807) is 30.0 Å². The van der Waals surface area contributed by atoms with Crippen LogP contribution >= 0.6 is 27.5 Å². The van der Waals surface area contributed by atoms with Crippen molar-refractivity contribution in [3.05, 3.63) is 33.3 Å². The fourth-order valence-corrected chi connectivity index (χ4v) is 2.78. The normalized spacial score (nSPS) is 18.8. The highest BCUT2D eigenvalue weighted by Crippen LogP contribution is 2.26. The monoisotopic (exact) mass is 331 g/mol. The maximum atomic E-state index is 12.3. The van der Waals surface area contributed by atoms with Gasteiger partial charge in [-0.1, -0.05) is 27.5 Å². The molecule has 1 aromatic carbocycles. The molecule has 0 spiro atoms. The number of aliphatic hydroxyl groups is 1. The lowest BCUT2D eigenvalue weighted by Crippen LogP contribution is -2.45. The van der Waals surface area contributed by atoms with Crippen molar-refractivity contribution in [3.8, 4) is 0 Å². The van der Waals surface area contributed by atoms with Crippen LogP contribution in [0.1, 0.15) is 30.1 Å². The van der Waals surface area contributed by atoms with Crippen LogP contribution in [-0.4, -0.2) is 34.6 Å². The van der Waals surface area contributed by atoms with Gasteiger partial charge in [-0.3, -0.25) is 4.79 Å². The van der Waals surface area contributed by atoms with Gasteiger partial charge in [-0.05, 0) is 38.0 Å². The van der Waals surface area contributed by atoms with E-state index in [9.17, 15) is 9.90 Å². The molecule has 0 aromatic heterocycles. The van der Waals surface area contributed by atoms with Crippen molar-refractivity contribution < 1.29 is 9.90 Å². The predicted octanol–water partition coefficient (Wildman–Crippen LogP) is 3.09. The summed E-state index contributed by atoms with van der Waals surface area (Å²) in [5.41, 5.74) is -0.137. The van der Waals surface area contributed by atoms with Crippen LogP contribution in [0.15, 0.2) is 22.7 Å². The lowest BCUT2D eigenvalue weighted by atomic mass is 9.93. The predicted molar refractivity (Wildman–Crippen MR) is 74.9 cm³/mol. The molecule has 0 bridgehead atoms. The molecule has 1 amide bonds. The van der Waals surface area contributed by atoms with Gasteiger partial charge in [-0.15, -0.1) is 0 Å². The van der Waals surface area contributed by atoms with Crippen LogP contribution in [0, 0.1) is 0 Å². The minimum Gasteiger partial charge on any atom is -0.390 e. The van der Waals surface area contributed by atoms with Crippen LogP contribution in [0.3, 0.4) is 0 Å². The van der Waals surface area contributed by atoms with Gasteiger partial charge in [0, 0.05) is 17.6 Å². The topological polar surface area (TPSA) is 40.5 Å². The van der Waals surface area contributed by atoms with Crippen LogP contribution < -0.4 is 0 Å². The molecule has 18 heavy (non-hydrogen) atoms. The molecule has 0 saturated carbocycles. The number of carbonyl (C=O) groups excluding carboxylic acids is 1. The van der Waals surface area contributed by atoms with Crippen molar-refractivity contribution >= 4 is 33.4 Å². The van der Waals surface area contributed by atoms with Gasteiger partial charge < -0.3 is 10.0 Å². The van der Waals surface area contributed by atoms with Crippen molar-refractivity contribution in [2.45, 2.75) is 25.4 Å². The number of amides is 1. The van der Waals surface area contributed by atoms with E-state index < -0.39 is 5.60 Å². The first-order valence-electron chi connectivity index (χ1n) is 5.86. The minimum absolute atomic E-state index is 0.0667. The van der Waals surface area contributed by atoms with Gasteiger partial charge in [-0.2, -0.15) is 0 Å². The summed E-state index contributed by atoms with van der Waals surface area (Å²) in [7, 11) is 0. The minimum atomic E-state index is -0.652. The summed E-state index contributed by atoms with van der Waals surface area (Å²) in [4.78, 5) is 14.0. The molecule has 1 fully saturated rings. The van der Waals surface area contributed by atoms with Gasteiger partial charge >= 0.3 is 0 Å². The summed E-state index contributed by atoms with van der Waals surface area (Å²) >= 11 is 9.39. The molecule has 1 saturated heterocycles. The standard InChI is InChI=1S/C13H15BrClNO2/c1-13(18)4-6-16(7-5-13)12(17)10-3-2-9(14)8-11(10)15/h2-3,8,18H,4-7H2,1H3. The molecular weight excluding hydrogens is 318 g/mol. The Hall–Kier alpha value is -0.580. The number of piperidine rings is 1. The number of carbonyl (C=O) groups is 1. The van der Waals surface area contributed by atoms with Gasteiger partial charge in [0.15, 0.2) is 0 Å². The molecule has 0 radical (unpaired) electrons. The molecule has 2 rings (SSSR count). The Kier molecular flexibility index (Phi) is 3.99. The van der Waals surface area contributed by atoms with Crippen molar-refractivity contribution in [3.63, 3.8) is 0 Å². The van der Waals surface area contributed by atoms with E-state index in [2.05, 4.69) is 15.9 Å². The smallest absolute Gasteiger partial charge is 0.255 e. The summed E-state index contributed by atoms with van der Waals surface area (Å²) in [5.74, 6) is -0.0667. The molecule has 0 unspecified atom stereocenters. The van der Waals surface area contributed by atoms with Crippen LogP contribution in [-0.2, 0) is 0 Å². The molecular formula is C13H15BrClNO2. The van der Waals surface area contributed by atoms with E-state index >= 15 is 0 Å². The molecule has 5 heteroatoms. The van der Waals surface area contributed by atoms with Gasteiger partial charge in [0.2, 0.25) is 0 Å². The highest BCUT2D eigenvalue weighted by molar-refractivity contribution is 9.10. The molecule has 98 valence electrons. The molecule has 1 heterocycles. The number of halogens is 2. The Balaban J connectivity index is 2.13. The molecule has 1 aliphatic heterocycles. The highest BCUT2D eigenvalue weighted by Gasteiger charge is 2.30. The second kappa shape index (κ2) is 5.19. The lowest BCUT2D eigenvalue weighted by molar-refractivity contribution is -0.00201. The Bertz CT molecular complexity index is 466. The first kappa shape index (κ1) is 13.8. The van der Waals surface area contributed by atoms with E-state index in [1.165, 1.54) is 0 Å². The maximum Gasteiger partial charge on any atom is 0.255 e. The van der Waals surface area contributed by atoms with Crippen LogP contribution in [0.5, 0.6) is 0 Å². The van der Waals surface area contributed by atoms with Crippen LogP contribution in [0.4, 0.5) is 0 Å². The Morgan fingerprint density at radius 2 is 2.06 bits per heavy atom.